The summed E-state index contributed by atoms with van der Waals surface area (Å²) in [6, 6.07) is 25.9. The molecular weight excluding hydrogens is 417 g/mol. The lowest BCUT2D eigenvalue weighted by atomic mass is 10.0. The van der Waals surface area contributed by atoms with Crippen LogP contribution in [0.5, 0.6) is 5.75 Å². The van der Waals surface area contributed by atoms with Crippen molar-refractivity contribution >= 4 is 22.6 Å². The lowest BCUT2D eigenvalue weighted by molar-refractivity contribution is 0.302. The van der Waals surface area contributed by atoms with E-state index < -0.39 is 0 Å². The van der Waals surface area contributed by atoms with E-state index in [-0.39, 0.29) is 5.82 Å². The monoisotopic (exact) mass is 437 g/mol. The van der Waals surface area contributed by atoms with Gasteiger partial charge in [0.1, 0.15) is 18.2 Å². The molecule has 0 saturated heterocycles. The van der Waals surface area contributed by atoms with E-state index >= 15 is 0 Å². The maximum atomic E-state index is 13.3. The van der Waals surface area contributed by atoms with E-state index in [0.717, 1.165) is 39.0 Å². The molecule has 5 nitrogen and oxygen atoms in total. The summed E-state index contributed by atoms with van der Waals surface area (Å²) >= 11 is 0. The third-order valence-electron chi connectivity index (χ3n) is 5.15. The zero-order valence-corrected chi connectivity index (χ0v) is 17.9. The molecule has 0 aliphatic carbocycles. The smallest absolute Gasteiger partial charge is 0.248 e. The fourth-order valence-electron chi connectivity index (χ4n) is 3.48. The molecule has 0 radical (unpaired) electrons. The standard InChI is InChI=1S/C27H20FN3O2/c1-18-30-31-27(33-18)25(16-19-6-11-22(28)12-7-19)20-9-14-24(15-10-20)32-17-23-13-8-21-4-2-3-5-26(21)29-23/h2-16H,17H2,1H3/b25-16+. The van der Waals surface area contributed by atoms with Gasteiger partial charge in [-0.1, -0.05) is 48.5 Å². The van der Waals surface area contributed by atoms with Crippen molar-refractivity contribution in [1.82, 2.24) is 15.2 Å². The Kier molecular flexibility index (Phi) is 5.64. The summed E-state index contributed by atoms with van der Waals surface area (Å²) in [5.41, 5.74) is 4.24. The van der Waals surface area contributed by atoms with Gasteiger partial charge in [-0.05, 0) is 53.6 Å². The molecule has 0 N–H and O–H groups in total. The topological polar surface area (TPSA) is 61.0 Å². The largest absolute Gasteiger partial charge is 0.487 e. The fraction of sp³-hybridized carbons (Fsp3) is 0.0741. The molecule has 0 saturated carbocycles. The second-order valence-corrected chi connectivity index (χ2v) is 7.54. The Morgan fingerprint density at radius 3 is 2.45 bits per heavy atom. The summed E-state index contributed by atoms with van der Waals surface area (Å²) in [5.74, 6) is 1.30. The Morgan fingerprint density at radius 2 is 1.70 bits per heavy atom. The average molecular weight is 437 g/mol. The molecule has 0 aliphatic heterocycles. The molecule has 6 heteroatoms. The van der Waals surface area contributed by atoms with Gasteiger partial charge in [-0.2, -0.15) is 0 Å². The van der Waals surface area contributed by atoms with E-state index in [9.17, 15) is 4.39 Å². The second kappa shape index (κ2) is 9.04. The molecule has 5 aromatic rings. The number of ether oxygens (including phenoxy) is 1. The van der Waals surface area contributed by atoms with Crippen LogP contribution in [0.25, 0.3) is 22.6 Å². The number of hydrogen-bond acceptors (Lipinski definition) is 5. The first kappa shape index (κ1) is 20.6. The van der Waals surface area contributed by atoms with Crippen molar-refractivity contribution in [2.45, 2.75) is 13.5 Å². The second-order valence-electron chi connectivity index (χ2n) is 7.54. The summed E-state index contributed by atoms with van der Waals surface area (Å²) in [5, 5.41) is 9.20. The van der Waals surface area contributed by atoms with E-state index in [0.29, 0.717) is 18.4 Å². The minimum Gasteiger partial charge on any atom is -0.487 e. The van der Waals surface area contributed by atoms with Gasteiger partial charge in [-0.15, -0.1) is 10.2 Å². The highest BCUT2D eigenvalue weighted by Crippen LogP contribution is 2.27. The van der Waals surface area contributed by atoms with Crippen LogP contribution in [-0.4, -0.2) is 15.2 Å². The van der Waals surface area contributed by atoms with Crippen LogP contribution in [0, 0.1) is 12.7 Å². The molecule has 33 heavy (non-hydrogen) atoms. The zero-order chi connectivity index (χ0) is 22.6. The van der Waals surface area contributed by atoms with Crippen LogP contribution in [0.15, 0.2) is 89.3 Å². The summed E-state index contributed by atoms with van der Waals surface area (Å²) in [6.07, 6.45) is 1.89. The molecule has 0 bridgehead atoms. The first-order valence-electron chi connectivity index (χ1n) is 10.5. The zero-order valence-electron chi connectivity index (χ0n) is 17.9. The number of halogens is 1. The molecule has 0 atom stereocenters. The van der Waals surface area contributed by atoms with Crippen molar-refractivity contribution in [2.24, 2.45) is 0 Å². The lowest BCUT2D eigenvalue weighted by Gasteiger charge is -2.09. The fourth-order valence-corrected chi connectivity index (χ4v) is 3.48. The SMILES string of the molecule is Cc1nnc(/C(=C/c2ccc(F)cc2)c2ccc(OCc3ccc4ccccc4n3)cc2)o1. The van der Waals surface area contributed by atoms with Crippen molar-refractivity contribution in [3.8, 4) is 5.75 Å². The molecule has 2 aromatic heterocycles. The number of rotatable bonds is 6. The van der Waals surface area contributed by atoms with Crippen molar-refractivity contribution in [3.05, 3.63) is 119 Å². The van der Waals surface area contributed by atoms with Crippen molar-refractivity contribution < 1.29 is 13.5 Å². The summed E-state index contributed by atoms with van der Waals surface area (Å²) in [6.45, 7) is 2.11. The Labute approximate surface area is 190 Å². The Balaban J connectivity index is 1.37. The molecule has 5 rings (SSSR count). The average Bonchev–Trinajstić information content (AvgIpc) is 3.28. The van der Waals surface area contributed by atoms with Gasteiger partial charge in [0.2, 0.25) is 11.8 Å². The first-order chi connectivity index (χ1) is 16.1. The Bertz CT molecular complexity index is 1420. The summed E-state index contributed by atoms with van der Waals surface area (Å²) in [4.78, 5) is 4.64. The van der Waals surface area contributed by atoms with Gasteiger partial charge in [0.05, 0.1) is 11.2 Å². The van der Waals surface area contributed by atoms with E-state index in [1.165, 1.54) is 12.1 Å². The van der Waals surface area contributed by atoms with Gasteiger partial charge in [0.15, 0.2) is 0 Å². The van der Waals surface area contributed by atoms with E-state index in [1.54, 1.807) is 19.1 Å². The van der Waals surface area contributed by atoms with Gasteiger partial charge >= 0.3 is 0 Å². The van der Waals surface area contributed by atoms with E-state index in [4.69, 9.17) is 9.15 Å². The van der Waals surface area contributed by atoms with Crippen LogP contribution in [0.3, 0.4) is 0 Å². The third kappa shape index (κ3) is 4.80. The molecule has 162 valence electrons. The Morgan fingerprint density at radius 1 is 0.909 bits per heavy atom. The van der Waals surface area contributed by atoms with Crippen LogP contribution in [0.4, 0.5) is 4.39 Å². The van der Waals surface area contributed by atoms with Crippen molar-refractivity contribution in [1.29, 1.82) is 0 Å². The van der Waals surface area contributed by atoms with Gasteiger partial charge in [0, 0.05) is 17.9 Å². The molecule has 0 amide bonds. The minimum absolute atomic E-state index is 0.287. The highest BCUT2D eigenvalue weighted by atomic mass is 19.1. The molecular formula is C27H20FN3O2. The third-order valence-corrected chi connectivity index (χ3v) is 5.15. The number of pyridine rings is 1. The minimum atomic E-state index is -0.287. The number of nitrogens with zero attached hydrogens (tertiary/aromatic N) is 3. The van der Waals surface area contributed by atoms with Crippen molar-refractivity contribution in [2.75, 3.05) is 0 Å². The normalized spacial score (nSPS) is 11.6. The lowest BCUT2D eigenvalue weighted by Crippen LogP contribution is -1.98. The number of para-hydroxylation sites is 1. The van der Waals surface area contributed by atoms with Gasteiger partial charge in [-0.3, -0.25) is 0 Å². The van der Waals surface area contributed by atoms with Crippen molar-refractivity contribution in [3.63, 3.8) is 0 Å². The molecule has 2 heterocycles. The number of benzene rings is 3. The maximum absolute atomic E-state index is 13.3. The quantitative estimate of drug-likeness (QED) is 0.295. The summed E-state index contributed by atoms with van der Waals surface area (Å²) in [7, 11) is 0. The van der Waals surface area contributed by atoms with E-state index in [1.807, 2.05) is 66.7 Å². The molecule has 0 unspecified atom stereocenters. The number of aryl methyl sites for hydroxylation is 1. The predicted octanol–water partition coefficient (Wildman–Crippen LogP) is 6.23. The van der Waals surface area contributed by atoms with Gasteiger partial charge in [0.25, 0.3) is 0 Å². The molecule has 3 aromatic carbocycles. The molecule has 0 fully saturated rings. The first-order valence-corrected chi connectivity index (χ1v) is 10.5. The van der Waals surface area contributed by atoms with Gasteiger partial charge in [-0.25, -0.2) is 9.37 Å². The maximum Gasteiger partial charge on any atom is 0.248 e. The number of hydrogen-bond donors (Lipinski definition) is 0. The Hall–Kier alpha value is -4.32. The molecule has 0 aliphatic rings. The number of aromatic nitrogens is 3. The van der Waals surface area contributed by atoms with E-state index in [2.05, 4.69) is 15.2 Å². The number of fused-ring (bicyclic) bond motifs is 1. The van der Waals surface area contributed by atoms with Crippen LogP contribution in [0.1, 0.15) is 28.6 Å². The molecule has 0 spiro atoms. The highest BCUT2D eigenvalue weighted by molar-refractivity contribution is 5.88. The van der Waals surface area contributed by atoms with Crippen LogP contribution >= 0.6 is 0 Å². The summed E-state index contributed by atoms with van der Waals surface area (Å²) < 4.78 is 24.9. The highest BCUT2D eigenvalue weighted by Gasteiger charge is 2.13. The van der Waals surface area contributed by atoms with Crippen LogP contribution < -0.4 is 4.74 Å². The van der Waals surface area contributed by atoms with Crippen LogP contribution in [-0.2, 0) is 6.61 Å². The van der Waals surface area contributed by atoms with Crippen LogP contribution in [0.2, 0.25) is 0 Å². The van der Waals surface area contributed by atoms with Gasteiger partial charge < -0.3 is 9.15 Å². The predicted molar refractivity (Wildman–Crippen MR) is 125 cm³/mol.